The molecule has 2 heterocycles. The Labute approximate surface area is 184 Å². The zero-order valence-electron chi connectivity index (χ0n) is 17.5. The largest absolute Gasteiger partial charge is 0.477 e. The van der Waals surface area contributed by atoms with Crippen LogP contribution in [0.4, 0.5) is 10.7 Å². The fourth-order valence-electron chi connectivity index (χ4n) is 3.67. The molecule has 1 atom stereocenters. The Kier molecular flexibility index (Phi) is 6.13. The number of para-hydroxylation sites is 2. The van der Waals surface area contributed by atoms with Gasteiger partial charge in [0.1, 0.15) is 10.8 Å². The first-order valence-corrected chi connectivity index (χ1v) is 11.2. The minimum atomic E-state index is -0.717. The van der Waals surface area contributed by atoms with E-state index in [1.54, 1.807) is 20.0 Å². The standard InChI is InChI=1S/C22H25N3O5S/c1-3-29-22(28)19-14(13-8-9-13)12-31-21(19)24-18(26)11-25-10-17(20(27)23-2)30-16-7-5-4-6-15(16)25/h4-7,12-13,17H,3,8-11H2,1-2H3,(H,23,27)(H,24,26)/t17-/m1/s1. The van der Waals surface area contributed by atoms with Crippen molar-refractivity contribution in [2.75, 3.05) is 37.0 Å². The number of thiophene rings is 1. The van der Waals surface area contributed by atoms with Crippen molar-refractivity contribution in [3.63, 3.8) is 0 Å². The number of nitrogens with one attached hydrogen (secondary N) is 2. The molecule has 9 heteroatoms. The molecule has 0 radical (unpaired) electrons. The van der Waals surface area contributed by atoms with E-state index >= 15 is 0 Å². The highest BCUT2D eigenvalue weighted by Gasteiger charge is 2.34. The van der Waals surface area contributed by atoms with Gasteiger partial charge in [0, 0.05) is 7.05 Å². The Balaban J connectivity index is 1.52. The first-order valence-electron chi connectivity index (χ1n) is 10.3. The van der Waals surface area contributed by atoms with E-state index in [0.717, 1.165) is 24.1 Å². The molecule has 1 saturated carbocycles. The Morgan fingerprint density at radius 3 is 2.74 bits per heavy atom. The number of rotatable bonds is 7. The number of likely N-dealkylation sites (N-methyl/N-ethyl adjacent to an activating group) is 1. The van der Waals surface area contributed by atoms with E-state index in [1.807, 2.05) is 28.5 Å². The minimum Gasteiger partial charge on any atom is -0.477 e. The van der Waals surface area contributed by atoms with Gasteiger partial charge in [0.25, 0.3) is 5.91 Å². The van der Waals surface area contributed by atoms with E-state index in [4.69, 9.17) is 9.47 Å². The third-order valence-electron chi connectivity index (χ3n) is 5.30. The molecule has 1 fully saturated rings. The maximum atomic E-state index is 12.9. The molecular weight excluding hydrogens is 418 g/mol. The quantitative estimate of drug-likeness (QED) is 0.639. The predicted molar refractivity (Wildman–Crippen MR) is 118 cm³/mol. The van der Waals surface area contributed by atoms with Gasteiger partial charge in [-0.2, -0.15) is 0 Å². The van der Waals surface area contributed by atoms with Crippen molar-refractivity contribution in [2.45, 2.75) is 31.8 Å². The van der Waals surface area contributed by atoms with Crippen molar-refractivity contribution >= 4 is 39.8 Å². The summed E-state index contributed by atoms with van der Waals surface area (Å²) in [6.45, 7) is 2.30. The highest BCUT2D eigenvalue weighted by atomic mass is 32.1. The van der Waals surface area contributed by atoms with Crippen LogP contribution in [0.3, 0.4) is 0 Å². The number of benzene rings is 1. The predicted octanol–water partition coefficient (Wildman–Crippen LogP) is 2.75. The van der Waals surface area contributed by atoms with Crippen LogP contribution < -0.4 is 20.3 Å². The zero-order chi connectivity index (χ0) is 22.0. The molecule has 1 aromatic heterocycles. The van der Waals surface area contributed by atoms with Gasteiger partial charge < -0.3 is 25.0 Å². The summed E-state index contributed by atoms with van der Waals surface area (Å²) in [5, 5.41) is 7.92. The van der Waals surface area contributed by atoms with E-state index in [2.05, 4.69) is 10.6 Å². The molecule has 2 N–H and O–H groups in total. The second kappa shape index (κ2) is 8.97. The second-order valence-electron chi connectivity index (χ2n) is 7.51. The van der Waals surface area contributed by atoms with E-state index in [-0.39, 0.29) is 31.5 Å². The third-order valence-corrected chi connectivity index (χ3v) is 6.22. The van der Waals surface area contributed by atoms with Crippen LogP contribution in [-0.2, 0) is 14.3 Å². The van der Waals surface area contributed by atoms with Gasteiger partial charge in [0.05, 0.1) is 30.9 Å². The Bertz CT molecular complexity index is 1000. The number of nitrogens with zero attached hydrogens (tertiary/aromatic N) is 1. The zero-order valence-corrected chi connectivity index (χ0v) is 18.3. The Hall–Kier alpha value is -3.07. The average molecular weight is 444 g/mol. The summed E-state index contributed by atoms with van der Waals surface area (Å²) in [5.74, 6) is -0.0217. The van der Waals surface area contributed by atoms with Gasteiger partial charge in [-0.15, -0.1) is 11.3 Å². The van der Waals surface area contributed by atoms with Gasteiger partial charge in [-0.3, -0.25) is 9.59 Å². The van der Waals surface area contributed by atoms with Gasteiger partial charge in [-0.25, -0.2) is 4.79 Å². The van der Waals surface area contributed by atoms with E-state index in [1.165, 1.54) is 11.3 Å². The van der Waals surface area contributed by atoms with Gasteiger partial charge in [0.2, 0.25) is 5.91 Å². The van der Waals surface area contributed by atoms with Crippen molar-refractivity contribution in [3.05, 3.63) is 40.8 Å². The summed E-state index contributed by atoms with van der Waals surface area (Å²) in [6, 6.07) is 7.30. The molecule has 1 aliphatic heterocycles. The number of hydrogen-bond acceptors (Lipinski definition) is 7. The summed E-state index contributed by atoms with van der Waals surface area (Å²) >= 11 is 1.34. The lowest BCUT2D eigenvalue weighted by molar-refractivity contribution is -0.127. The van der Waals surface area contributed by atoms with Crippen LogP contribution in [0.1, 0.15) is 41.6 Å². The second-order valence-corrected chi connectivity index (χ2v) is 8.39. The molecule has 0 saturated heterocycles. The highest BCUT2D eigenvalue weighted by Crippen LogP contribution is 2.46. The number of carbonyl (C=O) groups is 3. The Morgan fingerprint density at radius 1 is 1.26 bits per heavy atom. The SMILES string of the molecule is CCOC(=O)c1c(C2CC2)csc1NC(=O)CN1C[C@H](C(=O)NC)Oc2ccccc21. The summed E-state index contributed by atoms with van der Waals surface area (Å²) in [6.07, 6.45) is 1.37. The molecule has 2 aromatic rings. The molecule has 2 amide bonds. The molecular formula is C22H25N3O5S. The monoisotopic (exact) mass is 443 g/mol. The first kappa shape index (κ1) is 21.2. The molecule has 8 nitrogen and oxygen atoms in total. The number of ether oxygens (including phenoxy) is 2. The van der Waals surface area contributed by atoms with Gasteiger partial charge >= 0.3 is 5.97 Å². The maximum Gasteiger partial charge on any atom is 0.341 e. The summed E-state index contributed by atoms with van der Waals surface area (Å²) in [7, 11) is 1.55. The highest BCUT2D eigenvalue weighted by molar-refractivity contribution is 7.15. The number of anilines is 2. The van der Waals surface area contributed by atoms with Crippen molar-refractivity contribution in [3.8, 4) is 5.75 Å². The molecule has 4 rings (SSSR count). The molecule has 0 bridgehead atoms. The number of hydrogen-bond donors (Lipinski definition) is 2. The summed E-state index contributed by atoms with van der Waals surface area (Å²) in [4.78, 5) is 39.4. The normalized spacial score (nSPS) is 17.4. The van der Waals surface area contributed by atoms with Crippen molar-refractivity contribution in [1.82, 2.24) is 5.32 Å². The molecule has 0 unspecified atom stereocenters. The van der Waals surface area contributed by atoms with Crippen LogP contribution in [0.25, 0.3) is 0 Å². The first-order chi connectivity index (χ1) is 15.0. The van der Waals surface area contributed by atoms with Crippen LogP contribution in [0.2, 0.25) is 0 Å². The number of amides is 2. The molecule has 1 aromatic carbocycles. The van der Waals surface area contributed by atoms with E-state index in [0.29, 0.717) is 22.2 Å². The van der Waals surface area contributed by atoms with Crippen molar-refractivity contribution in [2.24, 2.45) is 0 Å². The van der Waals surface area contributed by atoms with Crippen molar-refractivity contribution in [1.29, 1.82) is 0 Å². The van der Waals surface area contributed by atoms with Crippen LogP contribution >= 0.6 is 11.3 Å². The van der Waals surface area contributed by atoms with Gasteiger partial charge in [-0.05, 0) is 48.8 Å². The molecule has 164 valence electrons. The topological polar surface area (TPSA) is 97.0 Å². The van der Waals surface area contributed by atoms with Crippen molar-refractivity contribution < 1.29 is 23.9 Å². The van der Waals surface area contributed by atoms with E-state index < -0.39 is 12.1 Å². The summed E-state index contributed by atoms with van der Waals surface area (Å²) in [5.41, 5.74) is 2.16. The lowest BCUT2D eigenvalue weighted by Crippen LogP contribution is -2.50. The number of carbonyl (C=O) groups excluding carboxylic acids is 3. The number of fused-ring (bicyclic) bond motifs is 1. The van der Waals surface area contributed by atoms with Gasteiger partial charge in [-0.1, -0.05) is 12.1 Å². The fourth-order valence-corrected chi connectivity index (χ4v) is 4.71. The van der Waals surface area contributed by atoms with Crippen LogP contribution in [0.15, 0.2) is 29.6 Å². The van der Waals surface area contributed by atoms with Crippen LogP contribution in [-0.4, -0.2) is 50.6 Å². The van der Waals surface area contributed by atoms with Crippen LogP contribution in [0, 0.1) is 0 Å². The lowest BCUT2D eigenvalue weighted by atomic mass is 10.1. The molecule has 1 aliphatic carbocycles. The number of esters is 1. The molecule has 0 spiro atoms. The Morgan fingerprint density at radius 2 is 2.03 bits per heavy atom. The third kappa shape index (κ3) is 4.51. The van der Waals surface area contributed by atoms with Gasteiger partial charge in [0.15, 0.2) is 6.10 Å². The fraction of sp³-hybridized carbons (Fsp3) is 0.409. The maximum absolute atomic E-state index is 12.9. The smallest absolute Gasteiger partial charge is 0.341 e. The summed E-state index contributed by atoms with van der Waals surface area (Å²) < 4.78 is 11.0. The average Bonchev–Trinajstić information content (AvgIpc) is 3.53. The van der Waals surface area contributed by atoms with E-state index in [9.17, 15) is 14.4 Å². The molecule has 2 aliphatic rings. The van der Waals surface area contributed by atoms with Crippen LogP contribution in [0.5, 0.6) is 5.75 Å². The lowest BCUT2D eigenvalue weighted by Gasteiger charge is -2.34. The molecule has 31 heavy (non-hydrogen) atoms. The minimum absolute atomic E-state index is 0.0206.